The van der Waals surface area contributed by atoms with Gasteiger partial charge in [-0.2, -0.15) is 5.26 Å². The number of piperazine rings is 1. The summed E-state index contributed by atoms with van der Waals surface area (Å²) in [7, 11) is 0. The van der Waals surface area contributed by atoms with E-state index in [2.05, 4.69) is 33.1 Å². The van der Waals surface area contributed by atoms with Gasteiger partial charge in [-0.05, 0) is 36.9 Å². The highest BCUT2D eigenvalue weighted by Gasteiger charge is 2.16. The van der Waals surface area contributed by atoms with E-state index in [-0.39, 0.29) is 5.91 Å². The summed E-state index contributed by atoms with van der Waals surface area (Å²) in [5.41, 5.74) is 2.50. The summed E-state index contributed by atoms with van der Waals surface area (Å²) in [6, 6.07) is 12.6. The number of nitrogens with zero attached hydrogens (tertiary/aromatic N) is 4. The van der Waals surface area contributed by atoms with Crippen molar-refractivity contribution in [2.45, 2.75) is 6.92 Å². The van der Waals surface area contributed by atoms with Gasteiger partial charge in [0, 0.05) is 31.9 Å². The van der Waals surface area contributed by atoms with Crippen molar-refractivity contribution in [1.82, 2.24) is 9.88 Å². The van der Waals surface area contributed by atoms with Crippen LogP contribution in [0.5, 0.6) is 0 Å². The van der Waals surface area contributed by atoms with E-state index in [0.717, 1.165) is 38.4 Å². The zero-order valence-electron chi connectivity index (χ0n) is 14.3. The van der Waals surface area contributed by atoms with Gasteiger partial charge in [0.25, 0.3) is 5.91 Å². The Kier molecular flexibility index (Phi) is 5.26. The van der Waals surface area contributed by atoms with Crippen molar-refractivity contribution in [2.24, 2.45) is 0 Å². The largest absolute Gasteiger partial charge is 0.368 e. The summed E-state index contributed by atoms with van der Waals surface area (Å²) in [5.74, 6) is -0.280. The molecule has 1 fully saturated rings. The molecule has 1 aromatic heterocycles. The Bertz CT molecular complexity index is 773. The molecule has 1 N–H and O–H groups in total. The van der Waals surface area contributed by atoms with Crippen molar-refractivity contribution in [3.63, 3.8) is 0 Å². The topological polar surface area (TPSA) is 72.3 Å². The van der Waals surface area contributed by atoms with E-state index < -0.39 is 0 Å². The third-order valence-electron chi connectivity index (χ3n) is 4.41. The maximum absolute atomic E-state index is 12.3. The minimum atomic E-state index is -0.280. The second kappa shape index (κ2) is 7.77. The van der Waals surface area contributed by atoms with Crippen molar-refractivity contribution in [3.8, 4) is 6.07 Å². The van der Waals surface area contributed by atoms with Crippen LogP contribution in [-0.4, -0.2) is 48.5 Å². The lowest BCUT2D eigenvalue weighted by Gasteiger charge is -2.35. The van der Waals surface area contributed by atoms with Gasteiger partial charge in [-0.3, -0.25) is 4.79 Å². The molecule has 0 aliphatic carbocycles. The Labute approximate surface area is 147 Å². The van der Waals surface area contributed by atoms with Crippen LogP contribution in [0.4, 0.5) is 11.4 Å². The second-order valence-electron chi connectivity index (χ2n) is 5.97. The fourth-order valence-electron chi connectivity index (χ4n) is 2.89. The normalized spacial score (nSPS) is 14.8. The van der Waals surface area contributed by atoms with E-state index in [0.29, 0.717) is 16.9 Å². The zero-order chi connectivity index (χ0) is 17.6. The quantitative estimate of drug-likeness (QED) is 0.928. The molecule has 2 heterocycles. The van der Waals surface area contributed by atoms with Crippen LogP contribution in [0.3, 0.4) is 0 Å². The first-order valence-corrected chi connectivity index (χ1v) is 8.44. The van der Waals surface area contributed by atoms with Crippen LogP contribution in [0, 0.1) is 11.3 Å². The highest BCUT2D eigenvalue weighted by Crippen LogP contribution is 2.16. The summed E-state index contributed by atoms with van der Waals surface area (Å²) in [5, 5.41) is 11.7. The second-order valence-corrected chi connectivity index (χ2v) is 5.97. The third kappa shape index (κ3) is 4.14. The molecule has 3 rings (SSSR count). The first kappa shape index (κ1) is 16.9. The number of pyridine rings is 1. The minimum Gasteiger partial charge on any atom is -0.368 e. The summed E-state index contributed by atoms with van der Waals surface area (Å²) < 4.78 is 0. The fourth-order valence-corrected chi connectivity index (χ4v) is 2.89. The molecule has 1 amide bonds. The van der Waals surface area contributed by atoms with E-state index in [9.17, 15) is 4.79 Å². The number of likely N-dealkylation sites (N-methyl/N-ethyl adjacent to an activating group) is 1. The van der Waals surface area contributed by atoms with Gasteiger partial charge in [-0.1, -0.05) is 13.0 Å². The number of aromatic nitrogens is 1. The maximum Gasteiger partial charge on any atom is 0.274 e. The molecule has 1 aliphatic heterocycles. The highest BCUT2D eigenvalue weighted by molar-refractivity contribution is 6.03. The van der Waals surface area contributed by atoms with E-state index in [1.54, 1.807) is 36.5 Å². The van der Waals surface area contributed by atoms with Gasteiger partial charge in [-0.15, -0.1) is 0 Å². The Morgan fingerprint density at radius 2 is 2.04 bits per heavy atom. The SMILES string of the molecule is CCN1CCN(c2ccc(C(=O)Nc3cccc(C#N)c3)nc2)CC1. The number of amides is 1. The number of carbonyl (C=O) groups excluding carboxylic acids is 1. The number of carbonyl (C=O) groups is 1. The molecule has 0 saturated carbocycles. The number of hydrogen-bond acceptors (Lipinski definition) is 5. The number of benzene rings is 1. The molecule has 128 valence electrons. The molecule has 2 aromatic rings. The molecule has 1 aromatic carbocycles. The zero-order valence-corrected chi connectivity index (χ0v) is 14.3. The van der Waals surface area contributed by atoms with Crippen molar-refractivity contribution < 1.29 is 4.79 Å². The van der Waals surface area contributed by atoms with Gasteiger partial charge in [0.15, 0.2) is 0 Å². The van der Waals surface area contributed by atoms with Crippen LogP contribution in [0.25, 0.3) is 0 Å². The van der Waals surface area contributed by atoms with Gasteiger partial charge in [0.2, 0.25) is 0 Å². The number of hydrogen-bond donors (Lipinski definition) is 1. The predicted octanol–water partition coefficient (Wildman–Crippen LogP) is 2.35. The lowest BCUT2D eigenvalue weighted by molar-refractivity contribution is 0.102. The summed E-state index contributed by atoms with van der Waals surface area (Å²) in [6.45, 7) is 7.31. The van der Waals surface area contributed by atoms with Crippen molar-refractivity contribution in [1.29, 1.82) is 5.26 Å². The molecular weight excluding hydrogens is 314 g/mol. The summed E-state index contributed by atoms with van der Waals surface area (Å²) in [4.78, 5) is 21.3. The molecule has 1 aliphatic rings. The van der Waals surface area contributed by atoms with Crippen LogP contribution in [0.1, 0.15) is 23.0 Å². The molecule has 0 atom stereocenters. The van der Waals surface area contributed by atoms with Crippen LogP contribution in [-0.2, 0) is 0 Å². The molecule has 6 heteroatoms. The fraction of sp³-hybridized carbons (Fsp3) is 0.316. The monoisotopic (exact) mass is 335 g/mol. The first-order chi connectivity index (χ1) is 12.2. The van der Waals surface area contributed by atoms with Crippen LogP contribution in [0.15, 0.2) is 42.6 Å². The Morgan fingerprint density at radius 1 is 1.24 bits per heavy atom. The third-order valence-corrected chi connectivity index (χ3v) is 4.41. The average molecular weight is 335 g/mol. The van der Waals surface area contributed by atoms with Crippen LogP contribution < -0.4 is 10.2 Å². The molecule has 1 saturated heterocycles. The highest BCUT2D eigenvalue weighted by atomic mass is 16.1. The number of rotatable bonds is 4. The molecular formula is C19H21N5O. The van der Waals surface area contributed by atoms with Crippen LogP contribution >= 0.6 is 0 Å². The summed E-state index contributed by atoms with van der Waals surface area (Å²) in [6.07, 6.45) is 1.75. The van der Waals surface area contributed by atoms with Crippen LogP contribution in [0.2, 0.25) is 0 Å². The Hall–Kier alpha value is -2.91. The van der Waals surface area contributed by atoms with E-state index in [1.807, 2.05) is 6.07 Å². The van der Waals surface area contributed by atoms with Crippen molar-refractivity contribution in [3.05, 3.63) is 53.9 Å². The van der Waals surface area contributed by atoms with E-state index in [4.69, 9.17) is 5.26 Å². The van der Waals surface area contributed by atoms with Crippen molar-refractivity contribution >= 4 is 17.3 Å². The van der Waals surface area contributed by atoms with E-state index in [1.165, 1.54) is 0 Å². The Balaban J connectivity index is 1.63. The number of nitrogens with one attached hydrogen (secondary N) is 1. The summed E-state index contributed by atoms with van der Waals surface area (Å²) >= 11 is 0. The molecule has 0 radical (unpaired) electrons. The smallest absolute Gasteiger partial charge is 0.274 e. The lowest BCUT2D eigenvalue weighted by atomic mass is 10.2. The van der Waals surface area contributed by atoms with E-state index >= 15 is 0 Å². The number of nitriles is 1. The van der Waals surface area contributed by atoms with Gasteiger partial charge in [0.05, 0.1) is 23.5 Å². The molecule has 6 nitrogen and oxygen atoms in total. The minimum absolute atomic E-state index is 0.280. The predicted molar refractivity (Wildman–Crippen MR) is 97.7 cm³/mol. The maximum atomic E-state index is 12.3. The first-order valence-electron chi connectivity index (χ1n) is 8.44. The molecule has 0 bridgehead atoms. The van der Waals surface area contributed by atoms with Gasteiger partial charge in [-0.25, -0.2) is 4.98 Å². The Morgan fingerprint density at radius 3 is 2.68 bits per heavy atom. The average Bonchev–Trinajstić information content (AvgIpc) is 2.68. The van der Waals surface area contributed by atoms with Crippen molar-refractivity contribution in [2.75, 3.05) is 42.9 Å². The standard InChI is InChI=1S/C19H21N5O/c1-2-23-8-10-24(11-9-23)17-6-7-18(21-14-17)19(25)22-16-5-3-4-15(12-16)13-20/h3-7,12,14H,2,8-11H2,1H3,(H,22,25). The van der Waals surface area contributed by atoms with Gasteiger partial charge in [0.1, 0.15) is 5.69 Å². The number of anilines is 2. The molecule has 25 heavy (non-hydrogen) atoms. The van der Waals surface area contributed by atoms with Gasteiger partial charge < -0.3 is 15.1 Å². The molecule has 0 spiro atoms. The van der Waals surface area contributed by atoms with Gasteiger partial charge >= 0.3 is 0 Å². The molecule has 0 unspecified atom stereocenters. The lowest BCUT2D eigenvalue weighted by Crippen LogP contribution is -2.46.